The van der Waals surface area contributed by atoms with Crippen molar-refractivity contribution < 1.29 is 52.7 Å². The summed E-state index contributed by atoms with van der Waals surface area (Å²) >= 11 is 0. The van der Waals surface area contributed by atoms with Crippen LogP contribution in [0, 0.1) is 60.2 Å². The average Bonchev–Trinajstić information content (AvgIpc) is 1.55. The van der Waals surface area contributed by atoms with Gasteiger partial charge < -0.3 is 0 Å². The Morgan fingerprint density at radius 2 is 0.459 bits per heavy atom. The smallest absolute Gasteiger partial charge is 0.270 e. The molecule has 12 aromatic rings. The minimum absolute atomic E-state index is 0.0154. The van der Waals surface area contributed by atoms with Crippen LogP contribution in [0.25, 0.3) is 43.1 Å². The Morgan fingerprint density at radius 1 is 0.276 bits per heavy atom. The summed E-state index contributed by atoms with van der Waals surface area (Å²) in [4.78, 5) is 111. The first-order chi connectivity index (χ1) is 46.2. The lowest BCUT2D eigenvalue weighted by Crippen LogP contribution is -2.27. The van der Waals surface area contributed by atoms with E-state index in [9.17, 15) is 102 Å². The molecule has 4 aromatic heterocycles. The van der Waals surface area contributed by atoms with Gasteiger partial charge in [0.05, 0.1) is 114 Å². The molecule has 0 spiro atoms. The third-order valence-electron chi connectivity index (χ3n) is 16.2. The fourth-order valence-electron chi connectivity index (χ4n) is 11.2. The SMILES string of the molecule is Cc1ccc(Cn2c(=O)c3c(C#Cc4ccc(C(F)(F)F)cc4)c4c(=O)n(Cc5ccc(C(F)(F)F)cc5)c(=O)c4c(C#Cc4ccc(C(F)(F)F)cc4)c3c2=O)cc1.Cc1ccc(Cn2c(=O)c3c(C#N)c4c(=O)n(Cc5ccc(C(F)(F)F)cc5)c(=O)c4c(C#N)c3c2=O)cc1. The first-order valence-electron chi connectivity index (χ1n) is 28.7. The van der Waals surface area contributed by atoms with Gasteiger partial charge in [0.15, 0.2) is 0 Å². The minimum atomic E-state index is -4.69. The van der Waals surface area contributed by atoms with Crippen LogP contribution in [0.15, 0.2) is 184 Å². The van der Waals surface area contributed by atoms with Crippen LogP contribution >= 0.6 is 0 Å². The molecule has 0 aliphatic rings. The maximum atomic E-state index is 14.4. The van der Waals surface area contributed by atoms with Crippen molar-refractivity contribution in [3.8, 4) is 35.8 Å². The highest BCUT2D eigenvalue weighted by Crippen LogP contribution is 2.34. The summed E-state index contributed by atoms with van der Waals surface area (Å²) in [6, 6.07) is 31.7. The summed E-state index contributed by atoms with van der Waals surface area (Å²) in [5, 5.41) is 16.1. The van der Waals surface area contributed by atoms with Gasteiger partial charge in [-0.15, -0.1) is 0 Å². The van der Waals surface area contributed by atoms with Gasteiger partial charge in [0, 0.05) is 11.1 Å². The molecule has 0 N–H and O–H groups in total. The molecule has 0 radical (unpaired) electrons. The van der Waals surface area contributed by atoms with E-state index in [0.29, 0.717) is 20.3 Å². The number of hydrogen-bond acceptors (Lipinski definition) is 10. The Kier molecular flexibility index (Phi) is 17.1. The van der Waals surface area contributed by atoms with Crippen molar-refractivity contribution in [3.63, 3.8) is 0 Å². The Morgan fingerprint density at radius 3 is 0.653 bits per heavy atom. The van der Waals surface area contributed by atoms with E-state index in [1.54, 1.807) is 60.7 Å². The quantitative estimate of drug-likeness (QED) is 0.104. The number of aryl methyl sites for hydroxylation is 2. The largest absolute Gasteiger partial charge is 0.416 e. The monoisotopic (exact) mass is 1340 g/mol. The molecule has 0 bridgehead atoms. The molecule has 4 heterocycles. The first-order valence-corrected chi connectivity index (χ1v) is 28.7. The second kappa shape index (κ2) is 25.0. The van der Waals surface area contributed by atoms with Gasteiger partial charge in [-0.3, -0.25) is 56.6 Å². The fourth-order valence-corrected chi connectivity index (χ4v) is 11.2. The molecule has 0 amide bonds. The van der Waals surface area contributed by atoms with Crippen molar-refractivity contribution in [3.05, 3.63) is 317 Å². The number of nitrogens with zero attached hydrogens (tertiary/aromatic N) is 6. The molecule has 8 aromatic carbocycles. The van der Waals surface area contributed by atoms with E-state index in [4.69, 9.17) is 0 Å². The van der Waals surface area contributed by atoms with E-state index in [-0.39, 0.29) is 35.3 Å². The number of halogens is 12. The fraction of sp³-hybridized carbons (Fsp3) is 0.139. The minimum Gasteiger partial charge on any atom is -0.270 e. The molecule has 26 heteroatoms. The third-order valence-corrected chi connectivity index (χ3v) is 16.2. The maximum Gasteiger partial charge on any atom is 0.416 e. The summed E-state index contributed by atoms with van der Waals surface area (Å²) < 4.78 is 161. The number of nitriles is 2. The van der Waals surface area contributed by atoms with E-state index < -0.39 is 170 Å². The van der Waals surface area contributed by atoms with Crippen LogP contribution in [0.3, 0.4) is 0 Å². The Balaban J connectivity index is 0.000000216. The van der Waals surface area contributed by atoms with E-state index in [1.807, 2.05) is 13.8 Å². The van der Waals surface area contributed by atoms with Crippen LogP contribution in [0.5, 0.6) is 0 Å². The van der Waals surface area contributed by atoms with Crippen LogP contribution in [0.2, 0.25) is 0 Å². The Labute approximate surface area is 540 Å². The van der Waals surface area contributed by atoms with E-state index in [1.165, 1.54) is 0 Å². The summed E-state index contributed by atoms with van der Waals surface area (Å²) in [5.74, 6) is 10.5. The number of alkyl halides is 12. The molecule has 488 valence electrons. The lowest BCUT2D eigenvalue weighted by Gasteiger charge is -2.07. The lowest BCUT2D eigenvalue weighted by molar-refractivity contribution is -0.138. The number of aromatic nitrogens is 4. The Hall–Kier alpha value is -12.4. The van der Waals surface area contributed by atoms with Crippen LogP contribution in [0.1, 0.15) is 89.0 Å². The number of hydrogen-bond donors (Lipinski definition) is 0. The van der Waals surface area contributed by atoms with E-state index in [2.05, 4.69) is 23.7 Å². The molecule has 0 aliphatic heterocycles. The molecule has 98 heavy (non-hydrogen) atoms. The van der Waals surface area contributed by atoms with Crippen molar-refractivity contribution in [2.75, 3.05) is 0 Å². The summed E-state index contributed by atoms with van der Waals surface area (Å²) in [6.07, 6.45) is -18.6. The summed E-state index contributed by atoms with van der Waals surface area (Å²) in [6.45, 7) is 2.18. The van der Waals surface area contributed by atoms with Gasteiger partial charge in [-0.1, -0.05) is 108 Å². The highest BCUT2D eigenvalue weighted by molar-refractivity contribution is 6.10. The van der Waals surface area contributed by atoms with Gasteiger partial charge in [-0.05, 0) is 109 Å². The van der Waals surface area contributed by atoms with Crippen molar-refractivity contribution >= 4 is 43.1 Å². The molecule has 0 aliphatic carbocycles. The topological polar surface area (TPSA) is 204 Å². The molecule has 0 saturated heterocycles. The van der Waals surface area contributed by atoms with Crippen LogP contribution in [0.4, 0.5) is 52.7 Å². The predicted molar refractivity (Wildman–Crippen MR) is 336 cm³/mol. The van der Waals surface area contributed by atoms with Gasteiger partial charge in [-0.25, -0.2) is 0 Å². The van der Waals surface area contributed by atoms with Crippen LogP contribution in [-0.4, -0.2) is 18.3 Å². The zero-order valence-corrected chi connectivity index (χ0v) is 50.2. The lowest BCUT2D eigenvalue weighted by atomic mass is 9.96. The molecule has 0 unspecified atom stereocenters. The third kappa shape index (κ3) is 12.5. The average molecular weight is 1340 g/mol. The molecule has 0 fully saturated rings. The normalized spacial score (nSPS) is 11.9. The van der Waals surface area contributed by atoms with Gasteiger partial charge >= 0.3 is 24.7 Å². The summed E-state index contributed by atoms with van der Waals surface area (Å²) in [5.41, 5.74) is -10.5. The molecule has 12 rings (SSSR count). The predicted octanol–water partition coefficient (Wildman–Crippen LogP) is 11.3. The Bertz CT molecular complexity index is 5690. The van der Waals surface area contributed by atoms with Gasteiger partial charge in [0.1, 0.15) is 12.1 Å². The van der Waals surface area contributed by atoms with Crippen molar-refractivity contribution in [1.82, 2.24) is 18.3 Å². The van der Waals surface area contributed by atoms with E-state index in [0.717, 1.165) is 117 Å². The number of fused-ring (bicyclic) bond motifs is 4. The number of rotatable bonds is 8. The number of benzene rings is 8. The van der Waals surface area contributed by atoms with Gasteiger partial charge in [-0.2, -0.15) is 63.2 Å². The van der Waals surface area contributed by atoms with Crippen molar-refractivity contribution in [1.29, 1.82) is 10.5 Å². The zero-order valence-electron chi connectivity index (χ0n) is 50.2. The summed E-state index contributed by atoms with van der Waals surface area (Å²) in [7, 11) is 0. The van der Waals surface area contributed by atoms with Gasteiger partial charge in [0.2, 0.25) is 0 Å². The van der Waals surface area contributed by atoms with Crippen molar-refractivity contribution in [2.45, 2.75) is 64.7 Å². The second-order valence-electron chi connectivity index (χ2n) is 22.5. The zero-order chi connectivity index (χ0) is 70.8. The highest BCUT2D eigenvalue weighted by Gasteiger charge is 2.35. The molecular formula is C72H38F12N6O8. The maximum absolute atomic E-state index is 14.4. The first kappa shape index (κ1) is 67.0. The molecule has 14 nitrogen and oxygen atoms in total. The van der Waals surface area contributed by atoms with Gasteiger partial charge in [0.25, 0.3) is 44.5 Å². The van der Waals surface area contributed by atoms with Crippen LogP contribution < -0.4 is 44.5 Å². The highest BCUT2D eigenvalue weighted by atomic mass is 19.4. The molecule has 0 atom stereocenters. The standard InChI is InChI=1S/C44H23F9N2O4.C28H15F3N4O4/c1-24-2-4-27(5-3-24)22-54-38(56)34-32(20-12-25-6-14-29(15-7-25)42(45,46)47)36-37(41(59)55(40(36)58)23-28-10-18-31(19-11-28)44(51,52)53)33(35(34)39(54)57)21-13-26-8-16-30(17-9-26)43(48,49)50;1-14-2-4-15(5-3-14)12-34-24(36)20-18(10-32)22-23(19(11-33)21(20)25(34)37)27(39)35(26(22)38)13-16-6-8-17(9-7-16)28(29,30)31/h2-11,14-19H,22-23H2,1H3;2-9H,12-13H2,1H3. The van der Waals surface area contributed by atoms with Crippen molar-refractivity contribution in [2.24, 2.45) is 0 Å². The van der Waals surface area contributed by atoms with E-state index >= 15 is 0 Å². The van der Waals surface area contributed by atoms with Crippen LogP contribution in [-0.2, 0) is 50.9 Å². The second-order valence-corrected chi connectivity index (χ2v) is 22.5. The molecule has 0 saturated carbocycles. The molecular weight excluding hydrogens is 1300 g/mol.